The van der Waals surface area contributed by atoms with Gasteiger partial charge in [-0.15, -0.1) is 0 Å². The van der Waals surface area contributed by atoms with Gasteiger partial charge in [0.2, 0.25) is 0 Å². The van der Waals surface area contributed by atoms with Gasteiger partial charge in [0.25, 0.3) is 0 Å². The number of hydrogen-bond acceptors (Lipinski definition) is 2. The van der Waals surface area contributed by atoms with Crippen LogP contribution in [0.2, 0.25) is 0 Å². The number of alkyl carbamates (subject to hydrolysis) is 1. The van der Waals surface area contributed by atoms with Crippen molar-refractivity contribution in [1.29, 1.82) is 0 Å². The van der Waals surface area contributed by atoms with E-state index in [1.54, 1.807) is 0 Å². The highest BCUT2D eigenvalue weighted by molar-refractivity contribution is 5.66. The maximum Gasteiger partial charge on any atom is 0.416 e. The van der Waals surface area contributed by atoms with Crippen LogP contribution in [0.5, 0.6) is 0 Å². The van der Waals surface area contributed by atoms with Crippen LogP contribution >= 0.6 is 0 Å². The number of amides is 1. The predicted octanol–water partition coefficient (Wildman–Crippen LogP) is 3.58. The largest absolute Gasteiger partial charge is 0.445 e. The molecule has 0 aliphatic carbocycles. The standard InChI is InChI=1S/C11H9F6NO2/c1-18-9(19)20-5-6-2-7(10(12,13)14)4-8(3-6)11(15,16)17/h2-4H,5H2,1H3,(H,18,19). The van der Waals surface area contributed by atoms with Gasteiger partial charge in [0.05, 0.1) is 11.1 Å². The van der Waals surface area contributed by atoms with E-state index >= 15 is 0 Å². The van der Waals surface area contributed by atoms with Gasteiger partial charge in [-0.05, 0) is 23.8 Å². The van der Waals surface area contributed by atoms with Crippen molar-refractivity contribution in [2.45, 2.75) is 19.0 Å². The molecule has 0 saturated carbocycles. The van der Waals surface area contributed by atoms with Crippen LogP contribution in [0.1, 0.15) is 16.7 Å². The zero-order valence-electron chi connectivity index (χ0n) is 10.0. The molecule has 0 fully saturated rings. The highest BCUT2D eigenvalue weighted by Gasteiger charge is 2.36. The average Bonchev–Trinajstić information content (AvgIpc) is 2.33. The van der Waals surface area contributed by atoms with Crippen LogP contribution in [0.3, 0.4) is 0 Å². The normalized spacial score (nSPS) is 12.2. The Balaban J connectivity index is 3.14. The zero-order valence-corrected chi connectivity index (χ0v) is 10.0. The Bertz CT molecular complexity index is 462. The van der Waals surface area contributed by atoms with Gasteiger partial charge in [-0.25, -0.2) is 4.79 Å². The summed E-state index contributed by atoms with van der Waals surface area (Å²) in [5.74, 6) is 0. The van der Waals surface area contributed by atoms with E-state index in [0.717, 1.165) is 0 Å². The highest BCUT2D eigenvalue weighted by Crippen LogP contribution is 2.36. The first-order valence-electron chi connectivity index (χ1n) is 5.17. The van der Waals surface area contributed by atoms with Crippen molar-refractivity contribution in [3.63, 3.8) is 0 Å². The Morgan fingerprint density at radius 3 is 1.85 bits per heavy atom. The van der Waals surface area contributed by atoms with Crippen molar-refractivity contribution < 1.29 is 35.9 Å². The van der Waals surface area contributed by atoms with Crippen LogP contribution < -0.4 is 5.32 Å². The quantitative estimate of drug-likeness (QED) is 0.848. The molecular weight excluding hydrogens is 292 g/mol. The Morgan fingerprint density at radius 2 is 1.50 bits per heavy atom. The van der Waals surface area contributed by atoms with Crippen LogP contribution in [-0.4, -0.2) is 13.1 Å². The lowest BCUT2D eigenvalue weighted by Crippen LogP contribution is -2.19. The molecule has 0 spiro atoms. The molecule has 3 nitrogen and oxygen atoms in total. The Kier molecular flexibility index (Phi) is 4.51. The summed E-state index contributed by atoms with van der Waals surface area (Å²) >= 11 is 0. The molecule has 9 heteroatoms. The second-order valence-corrected chi connectivity index (χ2v) is 3.74. The number of alkyl halides is 6. The average molecular weight is 301 g/mol. The minimum Gasteiger partial charge on any atom is -0.445 e. The fraction of sp³-hybridized carbons (Fsp3) is 0.364. The molecule has 1 N–H and O–H groups in total. The molecule has 1 aromatic rings. The summed E-state index contributed by atoms with van der Waals surface area (Å²) in [6, 6.07) is 1.000. The molecule has 0 bridgehead atoms. The monoisotopic (exact) mass is 301 g/mol. The molecule has 1 aromatic carbocycles. The maximum absolute atomic E-state index is 12.5. The van der Waals surface area contributed by atoms with E-state index in [2.05, 4.69) is 4.74 Å². The lowest BCUT2D eigenvalue weighted by Gasteiger charge is -2.14. The maximum atomic E-state index is 12.5. The zero-order chi connectivity index (χ0) is 15.6. The fourth-order valence-electron chi connectivity index (χ4n) is 1.32. The number of rotatable bonds is 2. The first-order valence-corrected chi connectivity index (χ1v) is 5.17. The van der Waals surface area contributed by atoms with Crippen LogP contribution in [0.4, 0.5) is 31.1 Å². The van der Waals surface area contributed by atoms with Crippen molar-refractivity contribution in [2.75, 3.05) is 7.05 Å². The third-order valence-electron chi connectivity index (χ3n) is 2.22. The van der Waals surface area contributed by atoms with Gasteiger partial charge in [0, 0.05) is 7.05 Å². The van der Waals surface area contributed by atoms with E-state index in [9.17, 15) is 31.1 Å². The van der Waals surface area contributed by atoms with Crippen LogP contribution in [-0.2, 0) is 23.7 Å². The molecule has 0 aliphatic heterocycles. The Labute approximate surface area is 109 Å². The van der Waals surface area contributed by atoms with Crippen LogP contribution in [0.25, 0.3) is 0 Å². The number of carbonyl (C=O) groups is 1. The molecule has 0 atom stereocenters. The summed E-state index contributed by atoms with van der Waals surface area (Å²) in [4.78, 5) is 10.8. The topological polar surface area (TPSA) is 38.3 Å². The summed E-state index contributed by atoms with van der Waals surface area (Å²) in [5, 5.41) is 2.02. The molecule has 0 saturated heterocycles. The van der Waals surface area contributed by atoms with Gasteiger partial charge < -0.3 is 10.1 Å². The number of nitrogens with one attached hydrogen (secondary N) is 1. The minimum atomic E-state index is -4.93. The number of ether oxygens (including phenoxy) is 1. The van der Waals surface area contributed by atoms with E-state index in [-0.39, 0.29) is 6.07 Å². The van der Waals surface area contributed by atoms with Gasteiger partial charge in [-0.3, -0.25) is 0 Å². The molecule has 112 valence electrons. The van der Waals surface area contributed by atoms with Gasteiger partial charge in [0.1, 0.15) is 6.61 Å². The van der Waals surface area contributed by atoms with E-state index in [1.165, 1.54) is 7.05 Å². The van der Waals surface area contributed by atoms with Crippen LogP contribution in [0.15, 0.2) is 18.2 Å². The molecule has 0 radical (unpaired) electrons. The van der Waals surface area contributed by atoms with Crippen molar-refractivity contribution in [2.24, 2.45) is 0 Å². The van der Waals surface area contributed by atoms with Gasteiger partial charge in [-0.2, -0.15) is 26.3 Å². The van der Waals surface area contributed by atoms with Gasteiger partial charge >= 0.3 is 18.4 Å². The molecule has 0 heterocycles. The summed E-state index contributed by atoms with van der Waals surface area (Å²) in [5.41, 5.74) is -3.32. The number of hydrogen-bond donors (Lipinski definition) is 1. The van der Waals surface area contributed by atoms with E-state index in [4.69, 9.17) is 0 Å². The lowest BCUT2D eigenvalue weighted by molar-refractivity contribution is -0.143. The van der Waals surface area contributed by atoms with E-state index < -0.39 is 41.7 Å². The lowest BCUT2D eigenvalue weighted by atomic mass is 10.1. The van der Waals surface area contributed by atoms with Crippen molar-refractivity contribution >= 4 is 6.09 Å². The van der Waals surface area contributed by atoms with Gasteiger partial charge in [-0.1, -0.05) is 0 Å². The second-order valence-electron chi connectivity index (χ2n) is 3.74. The molecule has 1 amide bonds. The molecule has 0 aromatic heterocycles. The summed E-state index contributed by atoms with van der Waals surface area (Å²) in [6.07, 6.45) is -10.8. The number of benzene rings is 1. The summed E-state index contributed by atoms with van der Waals surface area (Å²) in [6.45, 7) is -0.702. The number of carbonyl (C=O) groups excluding carboxylic acids is 1. The van der Waals surface area contributed by atoms with Crippen molar-refractivity contribution in [3.05, 3.63) is 34.9 Å². The second kappa shape index (κ2) is 5.59. The van der Waals surface area contributed by atoms with E-state index in [0.29, 0.717) is 12.1 Å². The summed E-state index contributed by atoms with van der Waals surface area (Å²) in [7, 11) is 1.20. The molecule has 0 unspecified atom stereocenters. The molecule has 0 aliphatic rings. The predicted molar refractivity (Wildman–Crippen MR) is 55.7 cm³/mol. The Morgan fingerprint density at radius 1 is 1.05 bits per heavy atom. The first kappa shape index (κ1) is 16.1. The number of halogens is 6. The summed E-state index contributed by atoms with van der Waals surface area (Å²) < 4.78 is 79.5. The molecule has 1 rings (SSSR count). The first-order chi connectivity index (χ1) is 9.04. The third-order valence-corrected chi connectivity index (χ3v) is 2.22. The third kappa shape index (κ3) is 4.32. The minimum absolute atomic E-state index is 0.00337. The van der Waals surface area contributed by atoms with Crippen molar-refractivity contribution in [3.8, 4) is 0 Å². The highest BCUT2D eigenvalue weighted by atomic mass is 19.4. The van der Waals surface area contributed by atoms with Gasteiger partial charge in [0.15, 0.2) is 0 Å². The Hall–Kier alpha value is -1.93. The van der Waals surface area contributed by atoms with Crippen LogP contribution in [0, 0.1) is 0 Å². The molecule has 20 heavy (non-hydrogen) atoms. The van der Waals surface area contributed by atoms with Crippen molar-refractivity contribution in [1.82, 2.24) is 5.32 Å². The SMILES string of the molecule is CNC(=O)OCc1cc(C(F)(F)F)cc(C(F)(F)F)c1. The molecular formula is C11H9F6NO2. The smallest absolute Gasteiger partial charge is 0.416 e. The van der Waals surface area contributed by atoms with E-state index in [1.807, 2.05) is 5.32 Å². The fourth-order valence-corrected chi connectivity index (χ4v) is 1.32.